The van der Waals surface area contributed by atoms with Crippen LogP contribution in [0.25, 0.3) is 33.7 Å². The minimum atomic E-state index is 0.140. The largest absolute Gasteiger partial charge is 0.507 e. The number of para-hydroxylation sites is 2. The summed E-state index contributed by atoms with van der Waals surface area (Å²) in [7, 11) is 2.07. The van der Waals surface area contributed by atoms with E-state index in [1.807, 2.05) is 12.1 Å². The Hall–Kier alpha value is -3.36. The summed E-state index contributed by atoms with van der Waals surface area (Å²) in [5.41, 5.74) is 8.06. The molecule has 2 aliphatic heterocycles. The molecule has 8 heteroatoms. The van der Waals surface area contributed by atoms with Crippen LogP contribution in [-0.2, 0) is 26.7 Å². The first kappa shape index (κ1) is 33.8. The van der Waals surface area contributed by atoms with Gasteiger partial charge >= 0.3 is 0 Å². The Bertz CT molecular complexity index is 1990. The van der Waals surface area contributed by atoms with Crippen LogP contribution < -0.4 is 0 Å². The van der Waals surface area contributed by atoms with Gasteiger partial charge in [-0.3, -0.25) is 14.5 Å². The van der Waals surface area contributed by atoms with Crippen molar-refractivity contribution in [2.24, 2.45) is 28.7 Å². The number of aromatic nitrogens is 4. The number of nitrogens with zero attached hydrogens (tertiary/aromatic N) is 6. The maximum Gasteiger partial charge on any atom is 0.144 e. The van der Waals surface area contributed by atoms with Gasteiger partial charge in [-0.2, -0.15) is 5.10 Å². The van der Waals surface area contributed by atoms with Crippen LogP contribution in [0, 0.1) is 28.6 Å². The van der Waals surface area contributed by atoms with E-state index < -0.39 is 0 Å². The predicted molar refractivity (Wildman–Crippen MR) is 201 cm³/mol. The minimum Gasteiger partial charge on any atom is -0.507 e. The van der Waals surface area contributed by atoms with Gasteiger partial charge in [-0.05, 0) is 97.3 Å². The van der Waals surface area contributed by atoms with Crippen molar-refractivity contribution in [2.45, 2.75) is 126 Å². The lowest BCUT2D eigenvalue weighted by Crippen LogP contribution is -2.35. The van der Waals surface area contributed by atoms with Gasteiger partial charge in [0.05, 0.1) is 28.8 Å². The molecule has 0 amide bonds. The lowest BCUT2D eigenvalue weighted by Gasteiger charge is -2.40. The van der Waals surface area contributed by atoms with E-state index in [0.29, 0.717) is 59.1 Å². The van der Waals surface area contributed by atoms with Crippen molar-refractivity contribution in [2.75, 3.05) is 13.1 Å². The second-order valence-corrected chi connectivity index (χ2v) is 19.1. The summed E-state index contributed by atoms with van der Waals surface area (Å²) >= 11 is 0. The van der Waals surface area contributed by atoms with E-state index in [0.717, 1.165) is 58.9 Å². The van der Waals surface area contributed by atoms with Gasteiger partial charge in [0.1, 0.15) is 23.0 Å². The molecule has 4 aliphatic rings. The van der Waals surface area contributed by atoms with Crippen LogP contribution in [0.4, 0.5) is 0 Å². The molecular weight excluding hydrogens is 621 g/mol. The molecule has 2 aliphatic carbocycles. The number of likely N-dealkylation sites (tertiary alicyclic amines) is 2. The number of hydrogen-bond donors (Lipinski definition) is 2. The molecule has 50 heavy (non-hydrogen) atoms. The van der Waals surface area contributed by atoms with E-state index in [1.54, 1.807) is 0 Å². The van der Waals surface area contributed by atoms with Crippen molar-refractivity contribution in [3.05, 3.63) is 47.2 Å². The third-order valence-electron chi connectivity index (χ3n) is 13.0. The van der Waals surface area contributed by atoms with Crippen molar-refractivity contribution < 1.29 is 10.2 Å². The van der Waals surface area contributed by atoms with Crippen LogP contribution in [0.2, 0.25) is 0 Å². The van der Waals surface area contributed by atoms with E-state index in [4.69, 9.17) is 10.1 Å². The molecule has 2 saturated carbocycles. The zero-order valence-electron chi connectivity index (χ0n) is 31.9. The van der Waals surface area contributed by atoms with Gasteiger partial charge in [0.2, 0.25) is 0 Å². The van der Waals surface area contributed by atoms with Crippen LogP contribution in [0.5, 0.6) is 11.5 Å². The molecule has 2 saturated heterocycles. The van der Waals surface area contributed by atoms with E-state index in [9.17, 15) is 10.2 Å². The Kier molecular flexibility index (Phi) is 7.64. The molecule has 4 bridgehead atoms. The number of hydrogen-bond acceptors (Lipinski definition) is 6. The summed E-state index contributed by atoms with van der Waals surface area (Å²) < 4.78 is 4.32. The van der Waals surface area contributed by atoms with Crippen LogP contribution in [0.1, 0.15) is 104 Å². The number of benzene rings is 2. The number of rotatable bonds is 7. The Morgan fingerprint density at radius 2 is 1.46 bits per heavy atom. The first-order valence-corrected chi connectivity index (χ1v) is 19.0. The summed E-state index contributed by atoms with van der Waals surface area (Å²) in [4.78, 5) is 10.3. The van der Waals surface area contributed by atoms with Crippen molar-refractivity contribution in [3.8, 4) is 34.1 Å². The summed E-state index contributed by atoms with van der Waals surface area (Å²) in [5, 5.41) is 29.4. The maximum absolute atomic E-state index is 12.3. The molecule has 4 atom stereocenters. The highest BCUT2D eigenvalue weighted by atomic mass is 16.3. The van der Waals surface area contributed by atoms with E-state index >= 15 is 0 Å². The second kappa shape index (κ2) is 11.3. The van der Waals surface area contributed by atoms with Crippen molar-refractivity contribution in [1.82, 2.24) is 29.1 Å². The smallest absolute Gasteiger partial charge is 0.144 e. The number of aryl methyl sites for hydroxylation is 2. The fourth-order valence-corrected chi connectivity index (χ4v) is 11.8. The molecule has 2 aromatic carbocycles. The highest BCUT2D eigenvalue weighted by molar-refractivity contribution is 5.88. The van der Waals surface area contributed by atoms with Gasteiger partial charge in [-0.1, -0.05) is 60.6 Å². The van der Waals surface area contributed by atoms with Gasteiger partial charge in [-0.25, -0.2) is 4.98 Å². The van der Waals surface area contributed by atoms with Crippen molar-refractivity contribution in [1.29, 1.82) is 0 Å². The molecule has 2 aromatic heterocycles. The first-order chi connectivity index (χ1) is 23.5. The molecule has 8 rings (SSSR count). The van der Waals surface area contributed by atoms with Gasteiger partial charge in [-0.15, -0.1) is 0 Å². The average molecular weight is 679 g/mol. The van der Waals surface area contributed by atoms with Crippen LogP contribution in [0.3, 0.4) is 0 Å². The van der Waals surface area contributed by atoms with Gasteiger partial charge in [0.25, 0.3) is 0 Å². The Labute approximate surface area is 298 Å². The van der Waals surface area contributed by atoms with Gasteiger partial charge in [0.15, 0.2) is 0 Å². The zero-order chi connectivity index (χ0) is 35.5. The Morgan fingerprint density at radius 1 is 0.840 bits per heavy atom. The number of phenolic OH excluding ortho intramolecular Hbond substituents is 2. The molecule has 4 unspecified atom stereocenters. The molecule has 268 valence electrons. The highest BCUT2D eigenvalue weighted by Crippen LogP contribution is 2.55. The lowest BCUT2D eigenvalue weighted by atomic mass is 9.65. The number of phenols is 2. The molecular formula is C42H58N6O2. The zero-order valence-corrected chi connectivity index (χ0v) is 31.9. The van der Waals surface area contributed by atoms with Crippen molar-refractivity contribution in [3.63, 3.8) is 0 Å². The number of fused-ring (bicyclic) bond motifs is 5. The van der Waals surface area contributed by atoms with Crippen LogP contribution in [-0.4, -0.2) is 64.5 Å². The molecule has 4 fully saturated rings. The summed E-state index contributed by atoms with van der Waals surface area (Å²) in [6.07, 6.45) is 7.86. The molecule has 0 spiro atoms. The second-order valence-electron chi connectivity index (χ2n) is 19.1. The van der Waals surface area contributed by atoms with E-state index in [2.05, 4.69) is 99.7 Å². The number of aromatic hydroxyl groups is 2. The average Bonchev–Trinajstić information content (AvgIpc) is 3.67. The quantitative estimate of drug-likeness (QED) is 0.204. The highest BCUT2D eigenvalue weighted by Gasteiger charge is 2.51. The Morgan fingerprint density at radius 3 is 2.10 bits per heavy atom. The molecule has 0 radical (unpaired) electrons. The Balaban J connectivity index is 1.25. The van der Waals surface area contributed by atoms with Gasteiger partial charge < -0.3 is 14.8 Å². The lowest BCUT2D eigenvalue weighted by molar-refractivity contribution is 0.119. The fourth-order valence-electron chi connectivity index (χ4n) is 11.8. The predicted octanol–water partition coefficient (Wildman–Crippen LogP) is 8.64. The third kappa shape index (κ3) is 5.56. The summed E-state index contributed by atoms with van der Waals surface area (Å²) in [5.74, 6) is 1.20. The molecule has 2 N–H and O–H groups in total. The monoisotopic (exact) mass is 678 g/mol. The third-order valence-corrected chi connectivity index (χ3v) is 13.0. The topological polar surface area (TPSA) is 82.6 Å². The minimum absolute atomic E-state index is 0.140. The maximum atomic E-state index is 12.3. The van der Waals surface area contributed by atoms with E-state index in [1.165, 1.54) is 32.1 Å². The van der Waals surface area contributed by atoms with Crippen molar-refractivity contribution >= 4 is 11.0 Å². The first-order valence-electron chi connectivity index (χ1n) is 19.0. The van der Waals surface area contributed by atoms with Gasteiger partial charge in [0, 0.05) is 50.0 Å². The molecule has 8 nitrogen and oxygen atoms in total. The summed E-state index contributed by atoms with van der Waals surface area (Å²) in [6.45, 7) is 22.0. The SMILES string of the molecule is CCc1cc(-c2nn(CN3CC4(C)CC3CC(C)(C)C4)c(C)c2-c2nc3ccccc3n2C)c(O)c(CN2CC3(C)CC2CC(C)(C)C3)c1O. The molecule has 4 heterocycles. The van der Waals surface area contributed by atoms with Crippen LogP contribution in [0.15, 0.2) is 30.3 Å². The normalized spacial score (nSPS) is 29.0. The standard InChI is InChI=1S/C42H58N6O2/c1-10-27-15-30(37(50)31(36(27)49)20-46-23-41(7)18-28(46)16-39(3,4)21-41)35-34(38-43-32-13-11-12-14-33(32)45(38)9)26(2)48(44-35)25-47-24-42(8)19-29(47)17-40(5,6)22-42/h11-15,28-29,49-50H,10,16-25H2,1-9H3. The number of imidazole rings is 1. The van der Waals surface area contributed by atoms with E-state index in [-0.39, 0.29) is 16.9 Å². The summed E-state index contributed by atoms with van der Waals surface area (Å²) in [6, 6.07) is 11.2. The molecule has 4 aromatic rings. The fraction of sp³-hybridized carbons (Fsp3) is 0.619. The van der Waals surface area contributed by atoms with Crippen LogP contribution >= 0.6 is 0 Å².